The predicted octanol–water partition coefficient (Wildman–Crippen LogP) is 2.74. The molecule has 1 saturated heterocycles. The minimum Gasteiger partial charge on any atom is -0.478 e. The van der Waals surface area contributed by atoms with E-state index < -0.39 is 11.8 Å². The minimum atomic E-state index is -1.27. The number of rotatable bonds is 3. The Balaban J connectivity index is 1.93. The molecule has 1 fully saturated rings. The number of carboxylic acids is 1. The summed E-state index contributed by atoms with van der Waals surface area (Å²) in [4.78, 5) is 11.0. The number of hydrogen-bond acceptors (Lipinski definition) is 3. The van der Waals surface area contributed by atoms with E-state index >= 15 is 0 Å². The zero-order chi connectivity index (χ0) is 14.8. The number of halogens is 1. The molecule has 110 valence electrons. The number of nitrogens with zero attached hydrogens (tertiary/aromatic N) is 2. The first kappa shape index (κ1) is 13.8. The van der Waals surface area contributed by atoms with Crippen LogP contribution in [0.1, 0.15) is 29.2 Å². The van der Waals surface area contributed by atoms with E-state index in [4.69, 9.17) is 9.84 Å². The Morgan fingerprint density at radius 1 is 1.38 bits per heavy atom. The smallest absolute Gasteiger partial charge is 0.338 e. The van der Waals surface area contributed by atoms with Crippen LogP contribution in [-0.4, -0.2) is 34.1 Å². The largest absolute Gasteiger partial charge is 0.478 e. The average Bonchev–Trinajstić information content (AvgIpc) is 2.98. The molecule has 1 aromatic carbocycles. The van der Waals surface area contributed by atoms with Crippen molar-refractivity contribution in [1.29, 1.82) is 0 Å². The van der Waals surface area contributed by atoms with Gasteiger partial charge in [-0.05, 0) is 18.9 Å². The second-order valence-corrected chi connectivity index (χ2v) is 5.02. The van der Waals surface area contributed by atoms with Gasteiger partial charge in [0.05, 0.1) is 17.8 Å². The van der Waals surface area contributed by atoms with Crippen molar-refractivity contribution in [2.75, 3.05) is 13.2 Å². The van der Waals surface area contributed by atoms with E-state index in [0.717, 1.165) is 12.8 Å². The van der Waals surface area contributed by atoms with Crippen LogP contribution >= 0.6 is 0 Å². The van der Waals surface area contributed by atoms with Crippen LogP contribution in [0.5, 0.6) is 0 Å². The second-order valence-electron chi connectivity index (χ2n) is 5.02. The molecule has 1 aliphatic rings. The molecule has 0 radical (unpaired) electrons. The topological polar surface area (TPSA) is 64.3 Å². The van der Waals surface area contributed by atoms with Crippen LogP contribution in [0.25, 0.3) is 11.1 Å². The third kappa shape index (κ3) is 2.67. The first-order valence-electron chi connectivity index (χ1n) is 6.81. The summed E-state index contributed by atoms with van der Waals surface area (Å²) in [6, 6.07) is 4.60. The highest BCUT2D eigenvalue weighted by atomic mass is 19.1. The van der Waals surface area contributed by atoms with E-state index in [1.54, 1.807) is 18.5 Å². The Labute approximate surface area is 121 Å². The summed E-state index contributed by atoms with van der Waals surface area (Å²) in [7, 11) is 0. The first-order chi connectivity index (χ1) is 10.2. The third-order valence-corrected chi connectivity index (χ3v) is 3.71. The van der Waals surface area contributed by atoms with Gasteiger partial charge in [0.1, 0.15) is 5.82 Å². The summed E-state index contributed by atoms with van der Waals surface area (Å²) in [5.74, 6) is -2.00. The Bertz CT molecular complexity index is 663. The lowest BCUT2D eigenvalue weighted by Gasteiger charge is -2.22. The van der Waals surface area contributed by atoms with Gasteiger partial charge in [0.15, 0.2) is 0 Å². The van der Waals surface area contributed by atoms with Crippen LogP contribution in [0.4, 0.5) is 4.39 Å². The summed E-state index contributed by atoms with van der Waals surface area (Å²) < 4.78 is 21.3. The molecule has 21 heavy (non-hydrogen) atoms. The van der Waals surface area contributed by atoms with Gasteiger partial charge in [-0.3, -0.25) is 4.68 Å². The fraction of sp³-hybridized carbons (Fsp3) is 0.333. The molecule has 0 bridgehead atoms. The average molecular weight is 290 g/mol. The molecule has 0 spiro atoms. The number of aromatic carboxylic acids is 1. The zero-order valence-corrected chi connectivity index (χ0v) is 11.3. The molecule has 1 aromatic heterocycles. The monoisotopic (exact) mass is 290 g/mol. The maximum Gasteiger partial charge on any atom is 0.338 e. The summed E-state index contributed by atoms with van der Waals surface area (Å²) in [6.45, 7) is 1.39. The molecular weight excluding hydrogens is 275 g/mol. The van der Waals surface area contributed by atoms with E-state index in [-0.39, 0.29) is 17.2 Å². The Morgan fingerprint density at radius 2 is 2.14 bits per heavy atom. The summed E-state index contributed by atoms with van der Waals surface area (Å²) >= 11 is 0. The van der Waals surface area contributed by atoms with Gasteiger partial charge in [-0.2, -0.15) is 5.10 Å². The van der Waals surface area contributed by atoms with Crippen molar-refractivity contribution in [3.63, 3.8) is 0 Å². The molecule has 0 unspecified atom stereocenters. The maximum absolute atomic E-state index is 14.2. The van der Waals surface area contributed by atoms with Crippen molar-refractivity contribution >= 4 is 5.97 Å². The summed E-state index contributed by atoms with van der Waals surface area (Å²) in [5.41, 5.74) is 0.515. The van der Waals surface area contributed by atoms with Crippen molar-refractivity contribution < 1.29 is 19.0 Å². The minimum absolute atomic E-state index is 0.248. The highest BCUT2D eigenvalue weighted by Crippen LogP contribution is 2.27. The maximum atomic E-state index is 14.2. The van der Waals surface area contributed by atoms with Crippen molar-refractivity contribution in [1.82, 2.24) is 9.78 Å². The van der Waals surface area contributed by atoms with Crippen LogP contribution in [0, 0.1) is 5.82 Å². The molecule has 0 saturated carbocycles. The molecule has 3 rings (SSSR count). The van der Waals surface area contributed by atoms with Gasteiger partial charge >= 0.3 is 5.97 Å². The molecule has 1 N–H and O–H groups in total. The highest BCUT2D eigenvalue weighted by molar-refractivity contribution is 5.89. The molecule has 2 aromatic rings. The molecule has 1 aliphatic heterocycles. The number of carbonyl (C=O) groups is 1. The van der Waals surface area contributed by atoms with Crippen LogP contribution in [0.2, 0.25) is 0 Å². The van der Waals surface area contributed by atoms with Gasteiger partial charge in [-0.1, -0.05) is 12.1 Å². The molecular formula is C15H15FN2O3. The molecule has 0 amide bonds. The van der Waals surface area contributed by atoms with E-state index in [2.05, 4.69) is 5.10 Å². The number of ether oxygens (including phenoxy) is 1. The normalized spacial score (nSPS) is 16.0. The quantitative estimate of drug-likeness (QED) is 0.944. The fourth-order valence-electron chi connectivity index (χ4n) is 2.55. The Hall–Kier alpha value is -2.21. The lowest BCUT2D eigenvalue weighted by molar-refractivity contribution is 0.0662. The van der Waals surface area contributed by atoms with E-state index in [1.807, 2.05) is 4.68 Å². The van der Waals surface area contributed by atoms with Crippen LogP contribution < -0.4 is 0 Å². The summed E-state index contributed by atoms with van der Waals surface area (Å²) in [5, 5.41) is 13.3. The SMILES string of the molecule is O=C(O)c1cccc(-c2cnn(C3CCOCC3)c2)c1F. The lowest BCUT2D eigenvalue weighted by Crippen LogP contribution is -2.19. The van der Waals surface area contributed by atoms with E-state index in [0.29, 0.717) is 18.8 Å². The highest BCUT2D eigenvalue weighted by Gasteiger charge is 2.19. The Morgan fingerprint density at radius 3 is 2.86 bits per heavy atom. The molecule has 2 heterocycles. The van der Waals surface area contributed by atoms with E-state index in [1.165, 1.54) is 12.1 Å². The van der Waals surface area contributed by atoms with Crippen molar-refractivity contribution in [2.24, 2.45) is 0 Å². The first-order valence-corrected chi connectivity index (χ1v) is 6.81. The van der Waals surface area contributed by atoms with Crippen LogP contribution in [0.3, 0.4) is 0 Å². The second kappa shape index (κ2) is 5.65. The van der Waals surface area contributed by atoms with Gasteiger partial charge in [-0.25, -0.2) is 9.18 Å². The fourth-order valence-corrected chi connectivity index (χ4v) is 2.55. The zero-order valence-electron chi connectivity index (χ0n) is 11.3. The number of benzene rings is 1. The standard InChI is InChI=1S/C15H15FN2O3/c16-14-12(2-1-3-13(14)15(19)20)10-8-17-18(9-10)11-4-6-21-7-5-11/h1-3,8-9,11H,4-7H2,(H,19,20). The molecule has 0 aliphatic carbocycles. The Kier molecular flexibility index (Phi) is 3.70. The van der Waals surface area contributed by atoms with E-state index in [9.17, 15) is 9.18 Å². The summed E-state index contributed by atoms with van der Waals surface area (Å²) in [6.07, 6.45) is 5.08. The molecule has 6 heteroatoms. The third-order valence-electron chi connectivity index (χ3n) is 3.71. The van der Waals surface area contributed by atoms with Gasteiger partial charge in [0.25, 0.3) is 0 Å². The van der Waals surface area contributed by atoms with Crippen LogP contribution in [0.15, 0.2) is 30.6 Å². The number of aromatic nitrogens is 2. The number of carboxylic acid groups (broad SMARTS) is 1. The van der Waals surface area contributed by atoms with Gasteiger partial charge in [0.2, 0.25) is 0 Å². The predicted molar refractivity (Wildman–Crippen MR) is 73.7 cm³/mol. The van der Waals surface area contributed by atoms with Gasteiger partial charge in [-0.15, -0.1) is 0 Å². The van der Waals surface area contributed by atoms with Crippen molar-refractivity contribution in [2.45, 2.75) is 18.9 Å². The molecule has 5 nitrogen and oxygen atoms in total. The lowest BCUT2D eigenvalue weighted by atomic mass is 10.0. The van der Waals surface area contributed by atoms with Crippen molar-refractivity contribution in [3.05, 3.63) is 42.0 Å². The number of hydrogen-bond donors (Lipinski definition) is 1. The molecule has 0 atom stereocenters. The van der Waals surface area contributed by atoms with Crippen molar-refractivity contribution in [3.8, 4) is 11.1 Å². The van der Waals surface area contributed by atoms with Crippen LogP contribution in [-0.2, 0) is 4.74 Å². The van der Waals surface area contributed by atoms with Gasteiger partial charge in [0, 0.05) is 30.5 Å². The van der Waals surface area contributed by atoms with Gasteiger partial charge < -0.3 is 9.84 Å².